The van der Waals surface area contributed by atoms with E-state index in [9.17, 15) is 4.79 Å². The van der Waals surface area contributed by atoms with Crippen molar-refractivity contribution in [1.82, 2.24) is 0 Å². The minimum absolute atomic E-state index is 0.443. The van der Waals surface area contributed by atoms with Crippen molar-refractivity contribution in [3.63, 3.8) is 0 Å². The van der Waals surface area contributed by atoms with Crippen molar-refractivity contribution < 1.29 is 14.4 Å². The first-order valence-electron chi connectivity index (χ1n) is 8.17. The second-order valence-corrected chi connectivity index (χ2v) is 6.57. The van der Waals surface area contributed by atoms with Gasteiger partial charge in [-0.15, -0.1) is 0 Å². The Labute approximate surface area is 155 Å². The molecule has 0 fully saturated rings. The molecule has 25 heavy (non-hydrogen) atoms. The van der Waals surface area contributed by atoms with Gasteiger partial charge in [-0.05, 0) is 54.5 Å². The van der Waals surface area contributed by atoms with Crippen LogP contribution < -0.4 is 4.74 Å². The number of hydrogen-bond donors (Lipinski definition) is 0. The average Bonchev–Trinajstić information content (AvgIpc) is 2.98. The Balaban J connectivity index is 1.80. The van der Waals surface area contributed by atoms with Gasteiger partial charge in [0.25, 0.3) is 0 Å². The van der Waals surface area contributed by atoms with Crippen LogP contribution in [0.2, 0.25) is 0 Å². The molecule has 0 saturated heterocycles. The Hall–Kier alpha value is -2.40. The molecule has 2 aromatic rings. The summed E-state index contributed by atoms with van der Waals surface area (Å²) >= 11 is 3.40. The average molecular weight is 400 g/mol. The molecule has 2 aromatic carbocycles. The Bertz CT molecular complexity index is 808. The second kappa shape index (κ2) is 8.12. The molecule has 0 spiro atoms. The third-order valence-corrected chi connectivity index (χ3v) is 4.30. The lowest BCUT2D eigenvalue weighted by atomic mass is 10.0. The first-order chi connectivity index (χ1) is 12.2. The number of unbranched alkanes of at least 4 members (excludes halogenated alkanes) is 1. The maximum atomic E-state index is 12.0. The summed E-state index contributed by atoms with van der Waals surface area (Å²) in [6.45, 7) is 2.83. The molecule has 0 aromatic heterocycles. The van der Waals surface area contributed by atoms with Crippen LogP contribution in [0.1, 0.15) is 30.9 Å². The van der Waals surface area contributed by atoms with Gasteiger partial charge < -0.3 is 9.57 Å². The number of benzene rings is 2. The fraction of sp³-hybridized carbons (Fsp3) is 0.200. The van der Waals surface area contributed by atoms with Crippen LogP contribution in [-0.2, 0) is 9.63 Å². The first kappa shape index (κ1) is 17.4. The third kappa shape index (κ3) is 4.37. The van der Waals surface area contributed by atoms with E-state index in [1.807, 2.05) is 48.5 Å². The smallest absolute Gasteiger partial charge is 0.368 e. The van der Waals surface area contributed by atoms with E-state index in [0.29, 0.717) is 17.9 Å². The minimum atomic E-state index is -0.443. The molecule has 128 valence electrons. The highest BCUT2D eigenvalue weighted by Crippen LogP contribution is 2.23. The first-order valence-corrected chi connectivity index (χ1v) is 8.97. The molecule has 5 heteroatoms. The maximum Gasteiger partial charge on any atom is 0.368 e. The van der Waals surface area contributed by atoms with Crippen molar-refractivity contribution in [2.75, 3.05) is 6.61 Å². The molecular formula is C20H18BrNO3. The van der Waals surface area contributed by atoms with Gasteiger partial charge in [0.1, 0.15) is 11.5 Å². The number of rotatable bonds is 6. The Morgan fingerprint density at radius 2 is 1.84 bits per heavy atom. The van der Waals surface area contributed by atoms with Crippen LogP contribution in [0.15, 0.2) is 63.7 Å². The summed E-state index contributed by atoms with van der Waals surface area (Å²) in [6, 6.07) is 15.2. The van der Waals surface area contributed by atoms with Crippen molar-refractivity contribution >= 4 is 33.7 Å². The van der Waals surface area contributed by atoms with Crippen LogP contribution in [0.5, 0.6) is 5.75 Å². The number of halogens is 1. The van der Waals surface area contributed by atoms with E-state index in [4.69, 9.17) is 9.57 Å². The van der Waals surface area contributed by atoms with E-state index in [1.165, 1.54) is 0 Å². The summed E-state index contributed by atoms with van der Waals surface area (Å²) in [6.07, 6.45) is 3.90. The molecule has 0 bridgehead atoms. The predicted molar refractivity (Wildman–Crippen MR) is 102 cm³/mol. The summed E-state index contributed by atoms with van der Waals surface area (Å²) in [5.41, 5.74) is 2.70. The molecule has 1 heterocycles. The lowest BCUT2D eigenvalue weighted by Gasteiger charge is -2.06. The number of hydrogen-bond acceptors (Lipinski definition) is 4. The fourth-order valence-electron chi connectivity index (χ4n) is 2.39. The number of carbonyl (C=O) groups excluding carboxylic acids is 1. The highest BCUT2D eigenvalue weighted by atomic mass is 79.9. The van der Waals surface area contributed by atoms with Gasteiger partial charge in [0.05, 0.1) is 12.2 Å². The third-order valence-electron chi connectivity index (χ3n) is 3.77. The number of carbonyl (C=O) groups is 1. The van der Waals surface area contributed by atoms with Crippen molar-refractivity contribution in [2.45, 2.75) is 19.8 Å². The van der Waals surface area contributed by atoms with Crippen LogP contribution in [0.3, 0.4) is 0 Å². The summed E-state index contributed by atoms with van der Waals surface area (Å²) < 4.78 is 6.64. The van der Waals surface area contributed by atoms with Gasteiger partial charge in [0, 0.05) is 10.0 Å². The highest BCUT2D eigenvalue weighted by Gasteiger charge is 2.26. The number of oxime groups is 1. The van der Waals surface area contributed by atoms with Crippen molar-refractivity contribution in [3.05, 3.63) is 69.7 Å². The van der Waals surface area contributed by atoms with Gasteiger partial charge in [-0.25, -0.2) is 4.79 Å². The van der Waals surface area contributed by atoms with Gasteiger partial charge in [-0.2, -0.15) is 0 Å². The van der Waals surface area contributed by atoms with Gasteiger partial charge in [0.15, 0.2) is 0 Å². The normalized spacial score (nSPS) is 15.2. The predicted octanol–water partition coefficient (Wildman–Crippen LogP) is 4.97. The molecule has 0 atom stereocenters. The highest BCUT2D eigenvalue weighted by molar-refractivity contribution is 9.10. The molecule has 0 unspecified atom stereocenters. The van der Waals surface area contributed by atoms with E-state index < -0.39 is 5.97 Å². The zero-order chi connectivity index (χ0) is 17.6. The quantitative estimate of drug-likeness (QED) is 0.391. The Kier molecular flexibility index (Phi) is 5.66. The summed E-state index contributed by atoms with van der Waals surface area (Å²) in [4.78, 5) is 16.9. The van der Waals surface area contributed by atoms with Gasteiger partial charge in [-0.3, -0.25) is 0 Å². The summed E-state index contributed by atoms with van der Waals surface area (Å²) in [5, 5.41) is 3.94. The molecule has 0 saturated carbocycles. The van der Waals surface area contributed by atoms with Crippen LogP contribution >= 0.6 is 15.9 Å². The molecule has 4 nitrogen and oxygen atoms in total. The van der Waals surface area contributed by atoms with Gasteiger partial charge in [-0.1, -0.05) is 46.6 Å². The zero-order valence-corrected chi connectivity index (χ0v) is 15.5. The Morgan fingerprint density at radius 1 is 1.12 bits per heavy atom. The van der Waals surface area contributed by atoms with E-state index in [0.717, 1.165) is 34.2 Å². The van der Waals surface area contributed by atoms with Crippen LogP contribution in [0.25, 0.3) is 6.08 Å². The molecule has 1 aliphatic rings. The zero-order valence-electron chi connectivity index (χ0n) is 13.9. The lowest BCUT2D eigenvalue weighted by molar-refractivity contribution is -0.136. The SMILES string of the molecule is CCCCOc1ccc(C2=NOC(=O)/C2=C\c2ccc(Br)cc2)cc1. The van der Waals surface area contributed by atoms with E-state index >= 15 is 0 Å². The fourth-order valence-corrected chi connectivity index (χ4v) is 2.65. The maximum absolute atomic E-state index is 12.0. The van der Waals surface area contributed by atoms with Crippen molar-refractivity contribution in [1.29, 1.82) is 0 Å². The molecule has 0 aliphatic carbocycles. The van der Waals surface area contributed by atoms with Crippen LogP contribution in [0.4, 0.5) is 0 Å². The summed E-state index contributed by atoms with van der Waals surface area (Å²) in [7, 11) is 0. The Morgan fingerprint density at radius 3 is 2.52 bits per heavy atom. The number of ether oxygens (including phenoxy) is 1. The van der Waals surface area contributed by atoms with Crippen molar-refractivity contribution in [3.8, 4) is 5.75 Å². The van der Waals surface area contributed by atoms with Crippen LogP contribution in [0, 0.1) is 0 Å². The largest absolute Gasteiger partial charge is 0.494 e. The number of nitrogens with zero attached hydrogens (tertiary/aromatic N) is 1. The summed E-state index contributed by atoms with van der Waals surface area (Å²) in [5.74, 6) is 0.364. The lowest BCUT2D eigenvalue weighted by Crippen LogP contribution is -2.07. The molecule has 0 N–H and O–H groups in total. The molecule has 1 aliphatic heterocycles. The molecule has 0 radical (unpaired) electrons. The van der Waals surface area contributed by atoms with Crippen molar-refractivity contribution in [2.24, 2.45) is 5.16 Å². The minimum Gasteiger partial charge on any atom is -0.494 e. The monoisotopic (exact) mass is 399 g/mol. The topological polar surface area (TPSA) is 47.9 Å². The van der Waals surface area contributed by atoms with Gasteiger partial charge >= 0.3 is 5.97 Å². The van der Waals surface area contributed by atoms with E-state index in [2.05, 4.69) is 28.0 Å². The second-order valence-electron chi connectivity index (χ2n) is 5.65. The molecule has 0 amide bonds. The van der Waals surface area contributed by atoms with Crippen LogP contribution in [-0.4, -0.2) is 18.3 Å². The molecule has 3 rings (SSSR count). The van der Waals surface area contributed by atoms with E-state index in [1.54, 1.807) is 6.08 Å². The standard InChI is InChI=1S/C20H18BrNO3/c1-2-3-12-24-17-10-6-15(7-11-17)19-18(20(23)25-22-19)13-14-4-8-16(21)9-5-14/h4-11,13H,2-3,12H2,1H3/b18-13-. The van der Waals surface area contributed by atoms with E-state index in [-0.39, 0.29) is 0 Å². The molecular weight excluding hydrogens is 382 g/mol. The van der Waals surface area contributed by atoms with Gasteiger partial charge in [0.2, 0.25) is 0 Å².